The summed E-state index contributed by atoms with van der Waals surface area (Å²) >= 11 is 7.45. The van der Waals surface area contributed by atoms with Gasteiger partial charge in [-0.2, -0.15) is 0 Å². The predicted molar refractivity (Wildman–Crippen MR) is 112 cm³/mol. The number of nitrogens with zero attached hydrogens (tertiary/aromatic N) is 1. The molecule has 4 nitrogen and oxygen atoms in total. The molecule has 2 aromatic rings. The van der Waals surface area contributed by atoms with Crippen LogP contribution in [-0.4, -0.2) is 37.3 Å². The Balaban J connectivity index is 2.02. The number of fused-ring (bicyclic) bond motifs is 1. The molecule has 0 fully saturated rings. The molecule has 1 atom stereocenters. The molecule has 0 spiro atoms. The Morgan fingerprint density at radius 1 is 1.35 bits per heavy atom. The number of methoxy groups -OCH3 is 2. The number of nitrogens with one attached hydrogen (secondary N) is 1. The summed E-state index contributed by atoms with van der Waals surface area (Å²) < 4.78 is 11.0. The maximum absolute atomic E-state index is 5.70. The Kier molecular flexibility index (Phi) is 5.84. The topological polar surface area (TPSA) is 33.7 Å². The Morgan fingerprint density at radius 2 is 2.08 bits per heavy atom. The lowest BCUT2D eigenvalue weighted by atomic mass is 9.91. The van der Waals surface area contributed by atoms with Gasteiger partial charge in [0.25, 0.3) is 0 Å². The van der Waals surface area contributed by atoms with Gasteiger partial charge >= 0.3 is 0 Å². The standard InChI is InChI=1S/C20H24N2O2S2/c1-13(2)12-21-20(25)22-8-7-14-10-16(23-3)17(24-4)11-15(14)19(22)18-6-5-9-26-18/h5-6,9-11,19H,1,7-8,12H2,2-4H3,(H,21,25). The third-order valence-electron chi connectivity index (χ3n) is 4.49. The van der Waals surface area contributed by atoms with Gasteiger partial charge in [0, 0.05) is 18.0 Å². The minimum Gasteiger partial charge on any atom is -0.493 e. The van der Waals surface area contributed by atoms with Crippen molar-refractivity contribution < 1.29 is 9.47 Å². The fourth-order valence-electron chi connectivity index (χ4n) is 3.25. The van der Waals surface area contributed by atoms with E-state index in [0.29, 0.717) is 6.54 Å². The second-order valence-corrected chi connectivity index (χ2v) is 7.75. The van der Waals surface area contributed by atoms with Crippen LogP contribution >= 0.6 is 23.6 Å². The van der Waals surface area contributed by atoms with Crippen LogP contribution in [0.15, 0.2) is 41.8 Å². The Morgan fingerprint density at radius 3 is 2.69 bits per heavy atom. The van der Waals surface area contributed by atoms with Crippen LogP contribution in [0.5, 0.6) is 11.5 Å². The van der Waals surface area contributed by atoms with Crippen LogP contribution in [0.2, 0.25) is 0 Å². The molecule has 6 heteroatoms. The number of thiophene rings is 1. The van der Waals surface area contributed by atoms with E-state index < -0.39 is 0 Å². The first-order valence-electron chi connectivity index (χ1n) is 8.52. The molecule has 1 aromatic carbocycles. The van der Waals surface area contributed by atoms with Crippen molar-refractivity contribution in [2.24, 2.45) is 0 Å². The van der Waals surface area contributed by atoms with Crippen molar-refractivity contribution in [3.8, 4) is 11.5 Å². The van der Waals surface area contributed by atoms with E-state index in [1.807, 2.05) is 6.92 Å². The number of ether oxygens (including phenoxy) is 2. The van der Waals surface area contributed by atoms with Crippen LogP contribution in [0.3, 0.4) is 0 Å². The summed E-state index contributed by atoms with van der Waals surface area (Å²) in [6, 6.07) is 8.50. The number of benzene rings is 1. The average molecular weight is 389 g/mol. The summed E-state index contributed by atoms with van der Waals surface area (Å²) in [6.07, 6.45) is 0.909. The highest BCUT2D eigenvalue weighted by atomic mass is 32.1. The van der Waals surface area contributed by atoms with Crippen molar-refractivity contribution in [2.75, 3.05) is 27.3 Å². The van der Waals surface area contributed by atoms with E-state index in [1.54, 1.807) is 25.6 Å². The van der Waals surface area contributed by atoms with Gasteiger partial charge in [-0.1, -0.05) is 18.2 Å². The van der Waals surface area contributed by atoms with Gasteiger partial charge in [-0.3, -0.25) is 0 Å². The fourth-order valence-corrected chi connectivity index (χ4v) is 4.37. The molecule has 2 heterocycles. The van der Waals surface area contributed by atoms with Crippen molar-refractivity contribution in [3.63, 3.8) is 0 Å². The lowest BCUT2D eigenvalue weighted by Crippen LogP contribution is -2.46. The smallest absolute Gasteiger partial charge is 0.170 e. The van der Waals surface area contributed by atoms with Crippen LogP contribution in [0.25, 0.3) is 0 Å². The summed E-state index contributed by atoms with van der Waals surface area (Å²) in [5.41, 5.74) is 3.56. The summed E-state index contributed by atoms with van der Waals surface area (Å²) in [4.78, 5) is 3.52. The van der Waals surface area contributed by atoms with E-state index in [0.717, 1.165) is 35.2 Å². The zero-order valence-corrected chi connectivity index (χ0v) is 17.0. The monoisotopic (exact) mass is 388 g/mol. The number of hydrogen-bond acceptors (Lipinski definition) is 4. The number of hydrogen-bond donors (Lipinski definition) is 1. The summed E-state index contributed by atoms with van der Waals surface area (Å²) in [5, 5.41) is 6.19. The van der Waals surface area contributed by atoms with Gasteiger partial charge in [0.05, 0.1) is 20.3 Å². The second-order valence-electron chi connectivity index (χ2n) is 6.38. The fraction of sp³-hybridized carbons (Fsp3) is 0.350. The van der Waals surface area contributed by atoms with Crippen LogP contribution < -0.4 is 14.8 Å². The van der Waals surface area contributed by atoms with Gasteiger partial charge in [-0.25, -0.2) is 0 Å². The highest BCUT2D eigenvalue weighted by Crippen LogP contribution is 2.42. The highest BCUT2D eigenvalue weighted by Gasteiger charge is 2.32. The molecule has 1 unspecified atom stereocenters. The zero-order chi connectivity index (χ0) is 18.7. The van der Waals surface area contributed by atoms with E-state index in [4.69, 9.17) is 21.7 Å². The molecule has 0 saturated carbocycles. The molecule has 0 bridgehead atoms. The predicted octanol–water partition coefficient (Wildman–Crippen LogP) is 4.16. The molecule has 1 aliphatic heterocycles. The van der Waals surface area contributed by atoms with Crippen LogP contribution in [0.4, 0.5) is 0 Å². The number of thiocarbonyl (C=S) groups is 1. The van der Waals surface area contributed by atoms with Gasteiger partial charge in [-0.05, 0) is 60.3 Å². The van der Waals surface area contributed by atoms with Crippen molar-refractivity contribution >= 4 is 28.7 Å². The summed E-state index contributed by atoms with van der Waals surface area (Å²) in [7, 11) is 3.34. The van der Waals surface area contributed by atoms with E-state index >= 15 is 0 Å². The molecule has 0 amide bonds. The summed E-state index contributed by atoms with van der Waals surface area (Å²) in [6.45, 7) is 7.48. The molecular formula is C20H24N2O2S2. The molecular weight excluding hydrogens is 364 g/mol. The number of rotatable bonds is 5. The first-order valence-corrected chi connectivity index (χ1v) is 9.81. The first-order chi connectivity index (χ1) is 12.5. The van der Waals surface area contributed by atoms with Gasteiger partial charge < -0.3 is 19.7 Å². The molecule has 0 aliphatic carbocycles. The lowest BCUT2D eigenvalue weighted by molar-refractivity contribution is 0.327. The Hall–Kier alpha value is -2.05. The van der Waals surface area contributed by atoms with Gasteiger partial charge in [0.15, 0.2) is 16.6 Å². The van der Waals surface area contributed by atoms with Crippen LogP contribution in [0.1, 0.15) is 29.0 Å². The van der Waals surface area contributed by atoms with Gasteiger partial charge in [0.1, 0.15) is 0 Å². The second kappa shape index (κ2) is 8.10. The minimum atomic E-state index is 0.0728. The first kappa shape index (κ1) is 18.7. The average Bonchev–Trinajstić information content (AvgIpc) is 3.18. The zero-order valence-electron chi connectivity index (χ0n) is 15.4. The molecule has 1 aliphatic rings. The van der Waals surface area contributed by atoms with Crippen molar-refractivity contribution in [3.05, 3.63) is 57.8 Å². The molecule has 26 heavy (non-hydrogen) atoms. The van der Waals surface area contributed by atoms with Crippen LogP contribution in [-0.2, 0) is 6.42 Å². The maximum Gasteiger partial charge on any atom is 0.170 e. The Bertz CT molecular complexity index is 802. The Labute approximate surface area is 164 Å². The van der Waals surface area contributed by atoms with Crippen LogP contribution in [0, 0.1) is 0 Å². The van der Waals surface area contributed by atoms with Crippen molar-refractivity contribution in [1.29, 1.82) is 0 Å². The van der Waals surface area contributed by atoms with E-state index in [2.05, 4.69) is 46.4 Å². The van der Waals surface area contributed by atoms with Gasteiger partial charge in [-0.15, -0.1) is 11.3 Å². The maximum atomic E-state index is 5.70. The largest absolute Gasteiger partial charge is 0.493 e. The van der Waals surface area contributed by atoms with Crippen molar-refractivity contribution in [1.82, 2.24) is 10.2 Å². The molecule has 1 N–H and O–H groups in total. The molecule has 3 rings (SSSR count). The molecule has 138 valence electrons. The van der Waals surface area contributed by atoms with E-state index in [9.17, 15) is 0 Å². The normalized spacial score (nSPS) is 16.0. The highest BCUT2D eigenvalue weighted by molar-refractivity contribution is 7.80. The molecule has 1 aromatic heterocycles. The third-order valence-corrected chi connectivity index (χ3v) is 5.79. The van der Waals surface area contributed by atoms with E-state index in [1.165, 1.54) is 16.0 Å². The molecule has 0 radical (unpaired) electrons. The van der Waals surface area contributed by atoms with Crippen molar-refractivity contribution in [2.45, 2.75) is 19.4 Å². The minimum absolute atomic E-state index is 0.0728. The van der Waals surface area contributed by atoms with Gasteiger partial charge in [0.2, 0.25) is 0 Å². The SMILES string of the molecule is C=C(C)CNC(=S)N1CCc2cc(OC)c(OC)cc2C1c1cccs1. The third kappa shape index (κ3) is 3.71. The van der Waals surface area contributed by atoms with E-state index in [-0.39, 0.29) is 6.04 Å². The quantitative estimate of drug-likeness (QED) is 0.614. The summed E-state index contributed by atoms with van der Waals surface area (Å²) in [5.74, 6) is 1.52. The molecule has 0 saturated heterocycles. The lowest BCUT2D eigenvalue weighted by Gasteiger charge is -2.39.